The number of rotatable bonds is 3. The van der Waals surface area contributed by atoms with Gasteiger partial charge >= 0.3 is 6.18 Å². The van der Waals surface area contributed by atoms with Gasteiger partial charge in [0, 0.05) is 0 Å². The third-order valence-corrected chi connectivity index (χ3v) is 4.72. The number of hydrogen-bond donors (Lipinski definition) is 2. The molecule has 0 saturated carbocycles. The van der Waals surface area contributed by atoms with Gasteiger partial charge in [-0.15, -0.1) is 0 Å². The van der Waals surface area contributed by atoms with Crippen molar-refractivity contribution in [3.8, 4) is 0 Å². The molecule has 1 aliphatic heterocycles. The molecule has 0 radical (unpaired) electrons. The summed E-state index contributed by atoms with van der Waals surface area (Å²) in [4.78, 5) is 24.2. The van der Waals surface area contributed by atoms with Gasteiger partial charge in [-0.3, -0.25) is 9.59 Å². The van der Waals surface area contributed by atoms with Gasteiger partial charge in [-0.05, 0) is 36.3 Å². The zero-order valence-electron chi connectivity index (χ0n) is 15.4. The molecule has 0 spiro atoms. The maximum absolute atomic E-state index is 12.7. The van der Waals surface area contributed by atoms with Crippen molar-refractivity contribution in [2.24, 2.45) is 5.92 Å². The summed E-state index contributed by atoms with van der Waals surface area (Å²) in [6.07, 6.45) is -4.89. The van der Waals surface area contributed by atoms with Crippen molar-refractivity contribution in [1.29, 1.82) is 0 Å². The summed E-state index contributed by atoms with van der Waals surface area (Å²) < 4.78 is 38.0. The zero-order chi connectivity index (χ0) is 19.7. The third kappa shape index (κ3) is 4.77. The van der Waals surface area contributed by atoms with Crippen molar-refractivity contribution in [2.75, 3.05) is 0 Å². The van der Waals surface area contributed by atoms with E-state index in [0.29, 0.717) is 0 Å². The van der Waals surface area contributed by atoms with Crippen molar-refractivity contribution < 1.29 is 22.8 Å². The molecule has 2 rings (SSSR count). The van der Waals surface area contributed by atoms with Gasteiger partial charge in [0.1, 0.15) is 12.0 Å². The Morgan fingerprint density at radius 2 is 1.73 bits per heavy atom. The minimum absolute atomic E-state index is 0.0141. The van der Waals surface area contributed by atoms with Crippen LogP contribution in [0.5, 0.6) is 0 Å². The summed E-state index contributed by atoms with van der Waals surface area (Å²) in [6.45, 7) is 8.08. The SMILES string of the molecule is CC(NC(=O)C1CCC(C(F)(F)F)NC1=O)c1ccc(C(C)(C)C)cc1. The molecule has 0 aliphatic carbocycles. The van der Waals surface area contributed by atoms with Gasteiger partial charge in [-0.1, -0.05) is 45.0 Å². The Balaban J connectivity index is 1.98. The predicted molar refractivity (Wildman–Crippen MR) is 92.4 cm³/mol. The molecule has 26 heavy (non-hydrogen) atoms. The fourth-order valence-corrected chi connectivity index (χ4v) is 2.97. The fraction of sp³-hybridized carbons (Fsp3) is 0.579. The smallest absolute Gasteiger partial charge is 0.349 e. The molecule has 4 nitrogen and oxygen atoms in total. The van der Waals surface area contributed by atoms with Crippen LogP contribution < -0.4 is 10.6 Å². The van der Waals surface area contributed by atoms with Crippen LogP contribution in [-0.2, 0) is 15.0 Å². The van der Waals surface area contributed by atoms with Gasteiger partial charge in [0.05, 0.1) is 6.04 Å². The standard InChI is InChI=1S/C19H25F3N2O2/c1-11(12-5-7-13(8-6-12)18(2,3)4)23-16(25)14-9-10-15(19(20,21)22)24-17(14)26/h5-8,11,14-15H,9-10H2,1-4H3,(H,23,25)(H,24,26). The second kappa shape index (κ2) is 7.29. The van der Waals surface area contributed by atoms with Gasteiger partial charge in [0.2, 0.25) is 11.8 Å². The number of carbonyl (C=O) groups is 2. The number of nitrogens with one attached hydrogen (secondary N) is 2. The van der Waals surface area contributed by atoms with Crippen LogP contribution in [0.15, 0.2) is 24.3 Å². The van der Waals surface area contributed by atoms with E-state index in [-0.39, 0.29) is 24.3 Å². The molecule has 1 fully saturated rings. The van der Waals surface area contributed by atoms with Crippen molar-refractivity contribution in [1.82, 2.24) is 10.6 Å². The molecule has 3 unspecified atom stereocenters. The van der Waals surface area contributed by atoms with E-state index < -0.39 is 30.0 Å². The van der Waals surface area contributed by atoms with E-state index in [1.165, 1.54) is 0 Å². The highest BCUT2D eigenvalue weighted by atomic mass is 19.4. The van der Waals surface area contributed by atoms with Crippen LogP contribution in [-0.4, -0.2) is 24.0 Å². The molecule has 1 aromatic carbocycles. The highest BCUT2D eigenvalue weighted by molar-refractivity contribution is 6.01. The van der Waals surface area contributed by atoms with Crippen molar-refractivity contribution >= 4 is 11.8 Å². The van der Waals surface area contributed by atoms with Gasteiger partial charge in [0.15, 0.2) is 0 Å². The van der Waals surface area contributed by atoms with E-state index >= 15 is 0 Å². The largest absolute Gasteiger partial charge is 0.408 e. The number of carbonyl (C=O) groups excluding carboxylic acids is 2. The van der Waals surface area contributed by atoms with Crippen LogP contribution >= 0.6 is 0 Å². The van der Waals surface area contributed by atoms with Crippen LogP contribution in [0.1, 0.15) is 57.7 Å². The van der Waals surface area contributed by atoms with E-state index in [1.54, 1.807) is 6.92 Å². The molecule has 7 heteroatoms. The lowest BCUT2D eigenvalue weighted by atomic mass is 9.86. The Labute approximate surface area is 151 Å². The van der Waals surface area contributed by atoms with E-state index in [4.69, 9.17) is 0 Å². The summed E-state index contributed by atoms with van der Waals surface area (Å²) in [5.74, 6) is -2.51. The predicted octanol–water partition coefficient (Wildman–Crippen LogP) is 3.62. The molecule has 0 bridgehead atoms. The maximum atomic E-state index is 12.7. The van der Waals surface area contributed by atoms with Crippen LogP contribution in [0.25, 0.3) is 0 Å². The van der Waals surface area contributed by atoms with Crippen LogP contribution in [0.3, 0.4) is 0 Å². The number of hydrogen-bond acceptors (Lipinski definition) is 2. The van der Waals surface area contributed by atoms with Gasteiger partial charge in [-0.2, -0.15) is 13.2 Å². The molecule has 1 saturated heterocycles. The van der Waals surface area contributed by atoms with Crippen molar-refractivity contribution in [3.63, 3.8) is 0 Å². The molecule has 0 aromatic heterocycles. The molecular formula is C19H25F3N2O2. The summed E-state index contributed by atoms with van der Waals surface area (Å²) in [7, 11) is 0. The lowest BCUT2D eigenvalue weighted by Gasteiger charge is -2.30. The zero-order valence-corrected chi connectivity index (χ0v) is 15.4. The van der Waals surface area contributed by atoms with Gasteiger partial charge < -0.3 is 10.6 Å². The first-order chi connectivity index (χ1) is 11.9. The quantitative estimate of drug-likeness (QED) is 0.799. The third-order valence-electron chi connectivity index (χ3n) is 4.72. The van der Waals surface area contributed by atoms with E-state index in [9.17, 15) is 22.8 Å². The van der Waals surface area contributed by atoms with E-state index in [1.807, 2.05) is 29.6 Å². The first kappa shape index (κ1) is 20.3. The minimum Gasteiger partial charge on any atom is -0.349 e. The molecule has 144 valence electrons. The van der Waals surface area contributed by atoms with E-state index in [2.05, 4.69) is 26.1 Å². The second-order valence-corrected chi connectivity index (χ2v) is 7.84. The highest BCUT2D eigenvalue weighted by Gasteiger charge is 2.46. The van der Waals surface area contributed by atoms with Crippen molar-refractivity contribution in [2.45, 2.75) is 64.2 Å². The number of alkyl halides is 3. The Morgan fingerprint density at radius 3 is 2.19 bits per heavy atom. The van der Waals surface area contributed by atoms with Crippen LogP contribution in [0.2, 0.25) is 0 Å². The van der Waals surface area contributed by atoms with Crippen molar-refractivity contribution in [3.05, 3.63) is 35.4 Å². The van der Waals surface area contributed by atoms with Gasteiger partial charge in [-0.25, -0.2) is 0 Å². The second-order valence-electron chi connectivity index (χ2n) is 7.84. The monoisotopic (exact) mass is 370 g/mol. The molecular weight excluding hydrogens is 345 g/mol. The molecule has 1 aliphatic rings. The summed E-state index contributed by atoms with van der Waals surface area (Å²) >= 11 is 0. The number of benzene rings is 1. The lowest BCUT2D eigenvalue weighted by molar-refractivity contribution is -0.171. The molecule has 1 heterocycles. The highest BCUT2D eigenvalue weighted by Crippen LogP contribution is 2.29. The topological polar surface area (TPSA) is 58.2 Å². The number of halogens is 3. The minimum atomic E-state index is -4.49. The summed E-state index contributed by atoms with van der Waals surface area (Å²) in [6, 6.07) is 5.57. The number of piperidine rings is 1. The molecule has 2 N–H and O–H groups in total. The van der Waals surface area contributed by atoms with Crippen LogP contribution in [0.4, 0.5) is 13.2 Å². The first-order valence-corrected chi connectivity index (χ1v) is 8.67. The Kier molecular flexibility index (Phi) is 5.68. The summed E-state index contributed by atoms with van der Waals surface area (Å²) in [5, 5.41) is 4.63. The average molecular weight is 370 g/mol. The maximum Gasteiger partial charge on any atom is 0.408 e. The van der Waals surface area contributed by atoms with Gasteiger partial charge in [0.25, 0.3) is 0 Å². The first-order valence-electron chi connectivity index (χ1n) is 8.67. The Hall–Kier alpha value is -2.05. The summed E-state index contributed by atoms with van der Waals surface area (Å²) in [5.41, 5.74) is 2.04. The normalized spacial score (nSPS) is 22.5. The average Bonchev–Trinajstić information content (AvgIpc) is 2.53. The fourth-order valence-electron chi connectivity index (χ4n) is 2.97. The number of amides is 2. The molecule has 2 amide bonds. The van der Waals surface area contributed by atoms with E-state index in [0.717, 1.165) is 11.1 Å². The van der Waals surface area contributed by atoms with Crippen LogP contribution in [0, 0.1) is 5.92 Å². The molecule has 3 atom stereocenters. The Bertz CT molecular complexity index is 663. The lowest BCUT2D eigenvalue weighted by Crippen LogP contribution is -2.54. The molecule has 1 aromatic rings. The Morgan fingerprint density at radius 1 is 1.15 bits per heavy atom.